The van der Waals surface area contributed by atoms with Gasteiger partial charge in [-0.05, 0) is 67.9 Å². The first-order chi connectivity index (χ1) is 7.94. The Hall–Kier alpha value is -0.0400. The van der Waals surface area contributed by atoms with Crippen molar-refractivity contribution in [3.05, 3.63) is 0 Å². The van der Waals surface area contributed by atoms with E-state index in [0.717, 1.165) is 11.8 Å². The molecule has 1 saturated carbocycles. The molecule has 2 fully saturated rings. The second-order valence-electron chi connectivity index (χ2n) is 7.71. The van der Waals surface area contributed by atoms with Crippen LogP contribution in [0.5, 0.6) is 0 Å². The van der Waals surface area contributed by atoms with E-state index < -0.39 is 0 Å². The van der Waals surface area contributed by atoms with E-state index in [-0.39, 0.29) is 0 Å². The number of rotatable bonds is 0. The molecule has 1 spiro atoms. The van der Waals surface area contributed by atoms with Gasteiger partial charge in [-0.2, -0.15) is 0 Å². The SMILES string of the molecule is CC1CNCCC12CCCC(C(C)(C)C)CC2. The molecule has 0 aromatic carbocycles. The first kappa shape index (κ1) is 13.4. The van der Waals surface area contributed by atoms with Gasteiger partial charge >= 0.3 is 0 Å². The molecule has 3 atom stereocenters. The lowest BCUT2D eigenvalue weighted by atomic mass is 9.66. The van der Waals surface area contributed by atoms with Gasteiger partial charge in [0.1, 0.15) is 0 Å². The molecule has 3 unspecified atom stereocenters. The molecule has 2 rings (SSSR count). The Bertz CT molecular complexity index is 253. The number of nitrogens with one attached hydrogen (secondary N) is 1. The summed E-state index contributed by atoms with van der Waals surface area (Å²) in [7, 11) is 0. The Morgan fingerprint density at radius 1 is 1.06 bits per heavy atom. The van der Waals surface area contributed by atoms with E-state index in [1.165, 1.54) is 51.6 Å². The predicted molar refractivity (Wildman–Crippen MR) is 75.1 cm³/mol. The molecule has 100 valence electrons. The van der Waals surface area contributed by atoms with Crippen molar-refractivity contribution >= 4 is 0 Å². The monoisotopic (exact) mass is 237 g/mol. The van der Waals surface area contributed by atoms with Crippen LogP contribution in [0.15, 0.2) is 0 Å². The van der Waals surface area contributed by atoms with Crippen LogP contribution in [-0.2, 0) is 0 Å². The summed E-state index contributed by atoms with van der Waals surface area (Å²) in [4.78, 5) is 0. The van der Waals surface area contributed by atoms with E-state index in [1.54, 1.807) is 0 Å². The molecular formula is C16H31N. The Balaban J connectivity index is 2.04. The summed E-state index contributed by atoms with van der Waals surface area (Å²) in [6.45, 7) is 12.3. The molecule has 0 amide bonds. The summed E-state index contributed by atoms with van der Waals surface area (Å²) >= 11 is 0. The summed E-state index contributed by atoms with van der Waals surface area (Å²) in [5.74, 6) is 1.83. The van der Waals surface area contributed by atoms with Crippen LogP contribution >= 0.6 is 0 Å². The Labute approximate surface area is 108 Å². The van der Waals surface area contributed by atoms with E-state index in [0.29, 0.717) is 10.8 Å². The van der Waals surface area contributed by atoms with Crippen molar-refractivity contribution in [2.75, 3.05) is 13.1 Å². The molecule has 1 saturated heterocycles. The van der Waals surface area contributed by atoms with Crippen molar-refractivity contribution in [2.45, 2.75) is 66.2 Å². The fraction of sp³-hybridized carbons (Fsp3) is 1.00. The van der Waals surface area contributed by atoms with E-state index in [4.69, 9.17) is 0 Å². The lowest BCUT2D eigenvalue weighted by molar-refractivity contribution is 0.0934. The number of piperidine rings is 1. The van der Waals surface area contributed by atoms with Crippen LogP contribution in [0.3, 0.4) is 0 Å². The normalized spacial score (nSPS) is 40.2. The lowest BCUT2D eigenvalue weighted by Gasteiger charge is -2.43. The zero-order valence-electron chi connectivity index (χ0n) is 12.3. The quantitative estimate of drug-likeness (QED) is 0.665. The van der Waals surface area contributed by atoms with E-state index in [2.05, 4.69) is 33.0 Å². The maximum atomic E-state index is 3.57. The van der Waals surface area contributed by atoms with Crippen LogP contribution in [0, 0.1) is 22.7 Å². The first-order valence-corrected chi connectivity index (χ1v) is 7.65. The highest BCUT2D eigenvalue weighted by molar-refractivity contribution is 4.93. The molecule has 0 aromatic rings. The summed E-state index contributed by atoms with van der Waals surface area (Å²) in [5.41, 5.74) is 1.20. The molecule has 1 heterocycles. The zero-order valence-corrected chi connectivity index (χ0v) is 12.3. The van der Waals surface area contributed by atoms with Gasteiger partial charge in [0.05, 0.1) is 0 Å². The summed E-state index contributed by atoms with van der Waals surface area (Å²) in [5, 5.41) is 3.57. The van der Waals surface area contributed by atoms with Gasteiger partial charge in [0.15, 0.2) is 0 Å². The zero-order chi connectivity index (χ0) is 12.5. The summed E-state index contributed by atoms with van der Waals surface area (Å²) in [6.07, 6.45) is 8.79. The fourth-order valence-corrected chi connectivity index (χ4v) is 4.16. The Morgan fingerprint density at radius 3 is 2.47 bits per heavy atom. The minimum Gasteiger partial charge on any atom is -0.316 e. The first-order valence-electron chi connectivity index (χ1n) is 7.65. The standard InChI is InChI=1S/C16H31N/c1-13-12-17-11-10-16(13)8-5-6-14(7-9-16)15(2,3)4/h13-14,17H,5-12H2,1-4H3. The minimum absolute atomic E-state index is 0.516. The molecule has 17 heavy (non-hydrogen) atoms. The smallest absolute Gasteiger partial charge is 0.00178 e. The molecule has 1 heteroatoms. The van der Waals surface area contributed by atoms with Gasteiger partial charge in [-0.1, -0.05) is 34.1 Å². The van der Waals surface area contributed by atoms with Crippen molar-refractivity contribution in [1.29, 1.82) is 0 Å². The largest absolute Gasteiger partial charge is 0.316 e. The van der Waals surface area contributed by atoms with E-state index in [1.807, 2.05) is 0 Å². The number of hydrogen-bond acceptors (Lipinski definition) is 1. The summed E-state index contributed by atoms with van der Waals surface area (Å²) in [6, 6.07) is 0. The van der Waals surface area contributed by atoms with Crippen LogP contribution in [0.2, 0.25) is 0 Å². The van der Waals surface area contributed by atoms with Crippen LogP contribution in [0.4, 0.5) is 0 Å². The van der Waals surface area contributed by atoms with Gasteiger partial charge in [-0.25, -0.2) is 0 Å². The van der Waals surface area contributed by atoms with Crippen molar-refractivity contribution in [2.24, 2.45) is 22.7 Å². The van der Waals surface area contributed by atoms with Gasteiger partial charge in [0.2, 0.25) is 0 Å². The van der Waals surface area contributed by atoms with Gasteiger partial charge < -0.3 is 5.32 Å². The van der Waals surface area contributed by atoms with Crippen molar-refractivity contribution < 1.29 is 0 Å². The minimum atomic E-state index is 0.516. The second kappa shape index (κ2) is 4.91. The maximum Gasteiger partial charge on any atom is -0.00178 e. The Morgan fingerprint density at radius 2 is 1.82 bits per heavy atom. The molecule has 1 aliphatic carbocycles. The highest BCUT2D eigenvalue weighted by atomic mass is 14.9. The molecule has 2 aliphatic rings. The number of hydrogen-bond donors (Lipinski definition) is 1. The van der Waals surface area contributed by atoms with Crippen LogP contribution in [0.25, 0.3) is 0 Å². The van der Waals surface area contributed by atoms with Gasteiger partial charge in [-0.15, -0.1) is 0 Å². The van der Waals surface area contributed by atoms with Crippen molar-refractivity contribution in [3.8, 4) is 0 Å². The molecule has 1 nitrogen and oxygen atoms in total. The second-order valence-corrected chi connectivity index (χ2v) is 7.71. The third-order valence-corrected chi connectivity index (χ3v) is 5.74. The molecule has 0 aromatic heterocycles. The van der Waals surface area contributed by atoms with E-state index in [9.17, 15) is 0 Å². The van der Waals surface area contributed by atoms with Gasteiger partial charge in [0.25, 0.3) is 0 Å². The highest BCUT2D eigenvalue weighted by Gasteiger charge is 2.40. The average molecular weight is 237 g/mol. The van der Waals surface area contributed by atoms with Crippen LogP contribution in [0.1, 0.15) is 66.2 Å². The molecule has 1 aliphatic heterocycles. The highest BCUT2D eigenvalue weighted by Crippen LogP contribution is 2.49. The molecule has 1 N–H and O–H groups in total. The average Bonchev–Trinajstić information content (AvgIpc) is 2.46. The third-order valence-electron chi connectivity index (χ3n) is 5.74. The van der Waals surface area contributed by atoms with Crippen molar-refractivity contribution in [1.82, 2.24) is 5.32 Å². The fourth-order valence-electron chi connectivity index (χ4n) is 4.16. The van der Waals surface area contributed by atoms with Gasteiger partial charge in [-0.3, -0.25) is 0 Å². The molecule has 0 bridgehead atoms. The predicted octanol–water partition coefficient (Wildman–Crippen LogP) is 4.23. The van der Waals surface area contributed by atoms with E-state index >= 15 is 0 Å². The maximum absolute atomic E-state index is 3.57. The lowest BCUT2D eigenvalue weighted by Crippen LogP contribution is -2.43. The van der Waals surface area contributed by atoms with Crippen LogP contribution < -0.4 is 5.32 Å². The van der Waals surface area contributed by atoms with Gasteiger partial charge in [0, 0.05) is 0 Å². The van der Waals surface area contributed by atoms with Crippen LogP contribution in [-0.4, -0.2) is 13.1 Å². The molecule has 0 radical (unpaired) electrons. The third kappa shape index (κ3) is 2.86. The van der Waals surface area contributed by atoms with Crippen molar-refractivity contribution in [3.63, 3.8) is 0 Å². The Kier molecular flexibility index (Phi) is 3.87. The topological polar surface area (TPSA) is 12.0 Å². The molecular weight excluding hydrogens is 206 g/mol. The summed E-state index contributed by atoms with van der Waals surface area (Å²) < 4.78 is 0.